The molecule has 3 nitrogen and oxygen atoms in total. The van der Waals surface area contributed by atoms with Crippen LogP contribution in [0.5, 0.6) is 0 Å². The van der Waals surface area contributed by atoms with Crippen LogP contribution in [0.4, 0.5) is 4.39 Å². The van der Waals surface area contributed by atoms with Gasteiger partial charge in [-0.2, -0.15) is 0 Å². The van der Waals surface area contributed by atoms with Gasteiger partial charge in [0.1, 0.15) is 11.6 Å². The molecule has 0 aliphatic carbocycles. The third-order valence-corrected chi connectivity index (χ3v) is 3.23. The van der Waals surface area contributed by atoms with Gasteiger partial charge in [-0.1, -0.05) is 0 Å². The lowest BCUT2D eigenvalue weighted by molar-refractivity contribution is 0.562. The molecular weight excluding hydrogens is 253 g/mol. The average Bonchev–Trinajstić information content (AvgIpc) is 2.82. The molecule has 2 aromatic rings. The number of rotatable bonds is 2. The smallest absolute Gasteiger partial charge is 0.129 e. The lowest BCUT2D eigenvalue weighted by Gasteiger charge is -2.07. The van der Waals surface area contributed by atoms with Gasteiger partial charge >= 0.3 is 0 Å². The monoisotopic (exact) mass is 267 g/mol. The first-order valence-corrected chi connectivity index (χ1v) is 5.93. The van der Waals surface area contributed by atoms with Gasteiger partial charge in [-0.15, -0.1) is 12.4 Å². The minimum atomic E-state index is -0.242. The van der Waals surface area contributed by atoms with E-state index in [0.717, 1.165) is 36.2 Å². The zero-order valence-electron chi connectivity index (χ0n) is 9.90. The zero-order valence-corrected chi connectivity index (χ0v) is 10.7. The minimum Gasteiger partial charge on any atom is -0.316 e. The highest BCUT2D eigenvalue weighted by atomic mass is 35.5. The van der Waals surface area contributed by atoms with Gasteiger partial charge in [-0.3, -0.25) is 0 Å². The summed E-state index contributed by atoms with van der Waals surface area (Å²) in [5.41, 5.74) is 0.822. The van der Waals surface area contributed by atoms with Gasteiger partial charge in [0.25, 0.3) is 0 Å². The number of halogens is 2. The molecule has 3 rings (SSSR count). The third kappa shape index (κ3) is 2.76. The van der Waals surface area contributed by atoms with Crippen molar-refractivity contribution in [1.82, 2.24) is 15.3 Å². The first-order chi connectivity index (χ1) is 8.31. The van der Waals surface area contributed by atoms with E-state index in [0.29, 0.717) is 5.92 Å². The van der Waals surface area contributed by atoms with Crippen LogP contribution in [-0.4, -0.2) is 23.1 Å². The first-order valence-electron chi connectivity index (χ1n) is 5.93. The van der Waals surface area contributed by atoms with Crippen LogP contribution in [0, 0.1) is 11.7 Å². The van der Waals surface area contributed by atoms with E-state index in [-0.39, 0.29) is 18.2 Å². The van der Waals surface area contributed by atoms with Crippen LogP contribution in [0.3, 0.4) is 0 Å². The summed E-state index contributed by atoms with van der Waals surface area (Å²) in [5.74, 6) is 1.25. The van der Waals surface area contributed by atoms with Gasteiger partial charge in [-0.05, 0) is 43.6 Å². The summed E-state index contributed by atoms with van der Waals surface area (Å²) < 4.78 is 13.0. The van der Waals surface area contributed by atoms with Crippen molar-refractivity contribution in [3.05, 3.63) is 36.0 Å². The van der Waals surface area contributed by atoms with Crippen LogP contribution in [-0.2, 0) is 6.42 Å². The molecule has 1 fully saturated rings. The SMILES string of the molecule is Cl.Fc1ccc2nc(C[C@@H]3CCNC3)ncc2c1. The molecule has 1 aromatic carbocycles. The Hall–Kier alpha value is -1.26. The highest BCUT2D eigenvalue weighted by Gasteiger charge is 2.16. The number of aromatic nitrogens is 2. The second-order valence-electron chi connectivity index (χ2n) is 4.55. The Morgan fingerprint density at radius 2 is 2.28 bits per heavy atom. The molecule has 1 N–H and O–H groups in total. The van der Waals surface area contributed by atoms with Gasteiger partial charge in [0.2, 0.25) is 0 Å². The quantitative estimate of drug-likeness (QED) is 0.908. The highest BCUT2D eigenvalue weighted by molar-refractivity contribution is 5.85. The summed E-state index contributed by atoms with van der Waals surface area (Å²) in [6.45, 7) is 2.13. The number of hydrogen-bond acceptors (Lipinski definition) is 3. The Morgan fingerprint density at radius 1 is 1.39 bits per heavy atom. The number of nitrogens with zero attached hydrogens (tertiary/aromatic N) is 2. The van der Waals surface area contributed by atoms with Crippen molar-refractivity contribution in [2.45, 2.75) is 12.8 Å². The van der Waals surface area contributed by atoms with Gasteiger partial charge < -0.3 is 5.32 Å². The predicted octanol–water partition coefficient (Wildman–Crippen LogP) is 2.34. The van der Waals surface area contributed by atoms with Crippen LogP contribution >= 0.6 is 12.4 Å². The predicted molar refractivity (Wildman–Crippen MR) is 71.4 cm³/mol. The average molecular weight is 268 g/mol. The van der Waals surface area contributed by atoms with Gasteiger partial charge in [0.05, 0.1) is 5.52 Å². The van der Waals surface area contributed by atoms with E-state index in [1.54, 1.807) is 12.3 Å². The van der Waals surface area contributed by atoms with Crippen LogP contribution in [0.25, 0.3) is 10.9 Å². The molecule has 1 aromatic heterocycles. The molecule has 0 spiro atoms. The molecule has 18 heavy (non-hydrogen) atoms. The van der Waals surface area contributed by atoms with Crippen molar-refractivity contribution < 1.29 is 4.39 Å². The van der Waals surface area contributed by atoms with Crippen LogP contribution < -0.4 is 5.32 Å². The Kier molecular flexibility index (Phi) is 4.09. The molecule has 96 valence electrons. The Morgan fingerprint density at radius 3 is 3.06 bits per heavy atom. The summed E-state index contributed by atoms with van der Waals surface area (Å²) in [4.78, 5) is 8.78. The third-order valence-electron chi connectivity index (χ3n) is 3.23. The molecule has 0 saturated carbocycles. The maximum Gasteiger partial charge on any atom is 0.129 e. The minimum absolute atomic E-state index is 0. The molecule has 0 amide bonds. The lowest BCUT2D eigenvalue weighted by Crippen LogP contribution is -2.12. The Balaban J connectivity index is 0.00000120. The summed E-state index contributed by atoms with van der Waals surface area (Å²) >= 11 is 0. The maximum atomic E-state index is 13.0. The zero-order chi connectivity index (χ0) is 11.7. The summed E-state index contributed by atoms with van der Waals surface area (Å²) in [5, 5.41) is 4.09. The Bertz CT molecular complexity index is 541. The fraction of sp³-hybridized carbons (Fsp3) is 0.385. The number of fused-ring (bicyclic) bond motifs is 1. The molecule has 0 bridgehead atoms. The molecular formula is C13H15ClFN3. The molecule has 2 heterocycles. The second kappa shape index (κ2) is 5.59. The van der Waals surface area contributed by atoms with Crippen molar-refractivity contribution in [2.24, 2.45) is 5.92 Å². The lowest BCUT2D eigenvalue weighted by atomic mass is 10.0. The normalized spacial score (nSPS) is 18.8. The van der Waals surface area contributed by atoms with Crippen LogP contribution in [0.2, 0.25) is 0 Å². The van der Waals surface area contributed by atoms with Gasteiger partial charge in [0.15, 0.2) is 0 Å². The summed E-state index contributed by atoms with van der Waals surface area (Å²) in [7, 11) is 0. The molecule has 1 aliphatic rings. The van der Waals surface area contributed by atoms with E-state index in [4.69, 9.17) is 0 Å². The van der Waals surface area contributed by atoms with Crippen LogP contribution in [0.15, 0.2) is 24.4 Å². The standard InChI is InChI=1S/C13H14FN3.ClH/c14-11-1-2-12-10(6-11)8-16-13(17-12)5-9-3-4-15-7-9;/h1-2,6,8-9,15H,3-5,7H2;1H/t9-;/m0./s1. The van der Waals surface area contributed by atoms with Gasteiger partial charge in [-0.25, -0.2) is 14.4 Å². The molecule has 1 saturated heterocycles. The van der Waals surface area contributed by atoms with E-state index >= 15 is 0 Å². The summed E-state index contributed by atoms with van der Waals surface area (Å²) in [6, 6.07) is 4.62. The molecule has 1 atom stereocenters. The largest absolute Gasteiger partial charge is 0.316 e. The van der Waals surface area contributed by atoms with Gasteiger partial charge in [0, 0.05) is 18.0 Å². The van der Waals surface area contributed by atoms with Crippen LogP contribution in [0.1, 0.15) is 12.2 Å². The van der Waals surface area contributed by atoms with Crippen molar-refractivity contribution in [3.8, 4) is 0 Å². The molecule has 1 aliphatic heterocycles. The van der Waals surface area contributed by atoms with Crippen molar-refractivity contribution >= 4 is 23.3 Å². The van der Waals surface area contributed by atoms with E-state index in [2.05, 4.69) is 15.3 Å². The molecule has 0 unspecified atom stereocenters. The summed E-state index contributed by atoms with van der Waals surface area (Å²) in [6.07, 6.45) is 3.80. The van der Waals surface area contributed by atoms with Crippen molar-refractivity contribution in [3.63, 3.8) is 0 Å². The molecule has 5 heteroatoms. The van der Waals surface area contributed by atoms with E-state index in [1.165, 1.54) is 18.6 Å². The van der Waals surface area contributed by atoms with E-state index in [9.17, 15) is 4.39 Å². The first kappa shape index (κ1) is 13.2. The molecule has 0 radical (unpaired) electrons. The fourth-order valence-corrected chi connectivity index (χ4v) is 2.29. The number of benzene rings is 1. The Labute approximate surface area is 111 Å². The van der Waals surface area contributed by atoms with E-state index in [1.807, 2.05) is 0 Å². The van der Waals surface area contributed by atoms with Crippen molar-refractivity contribution in [1.29, 1.82) is 0 Å². The highest BCUT2D eigenvalue weighted by Crippen LogP contribution is 2.16. The topological polar surface area (TPSA) is 37.8 Å². The number of hydrogen-bond donors (Lipinski definition) is 1. The van der Waals surface area contributed by atoms with E-state index < -0.39 is 0 Å². The number of nitrogens with one attached hydrogen (secondary N) is 1. The second-order valence-corrected chi connectivity index (χ2v) is 4.55. The fourth-order valence-electron chi connectivity index (χ4n) is 2.29. The maximum absolute atomic E-state index is 13.0. The van der Waals surface area contributed by atoms with Crippen molar-refractivity contribution in [2.75, 3.05) is 13.1 Å².